The Kier molecular flexibility index (Phi) is 6.06. The molecular weight excluding hydrogens is 328 g/mol. The third-order valence-corrected chi connectivity index (χ3v) is 4.06. The van der Waals surface area contributed by atoms with Crippen LogP contribution < -0.4 is 5.32 Å². The van der Waals surface area contributed by atoms with Crippen molar-refractivity contribution in [3.63, 3.8) is 0 Å². The van der Waals surface area contributed by atoms with Crippen LogP contribution in [0.2, 0.25) is 0 Å². The van der Waals surface area contributed by atoms with E-state index in [1.807, 2.05) is 0 Å². The predicted octanol–water partition coefficient (Wildman–Crippen LogP) is 2.05. The van der Waals surface area contributed by atoms with E-state index in [1.165, 1.54) is 7.11 Å². The summed E-state index contributed by atoms with van der Waals surface area (Å²) in [5, 5.41) is 2.42. The fraction of sp³-hybridized carbons (Fsp3) is 0.417. The highest BCUT2D eigenvalue weighted by Crippen LogP contribution is 2.21. The molecule has 21 heavy (non-hydrogen) atoms. The van der Waals surface area contributed by atoms with Crippen molar-refractivity contribution in [2.24, 2.45) is 0 Å². The second-order valence-electron chi connectivity index (χ2n) is 4.24. The highest BCUT2D eigenvalue weighted by atomic mass is 35.7. The molecule has 0 spiro atoms. The van der Waals surface area contributed by atoms with E-state index in [0.717, 1.165) is 0 Å². The molecule has 1 unspecified atom stereocenters. The van der Waals surface area contributed by atoms with Crippen molar-refractivity contribution in [3.8, 4) is 0 Å². The van der Waals surface area contributed by atoms with Gasteiger partial charge in [0.2, 0.25) is 0 Å². The number of amides is 1. The maximum absolute atomic E-state index is 13.7. The standard InChI is InChI=1S/C12H14ClF2NO4S/c1-3-7(6-20-2)16-12(17)9-4-8(21(13,18)19)5-10(14)11(9)15/h4-5,7H,3,6H2,1-2H3,(H,16,17). The lowest BCUT2D eigenvalue weighted by atomic mass is 10.1. The number of hydrogen-bond acceptors (Lipinski definition) is 4. The van der Waals surface area contributed by atoms with Gasteiger partial charge in [0.05, 0.1) is 23.1 Å². The van der Waals surface area contributed by atoms with E-state index in [1.54, 1.807) is 6.92 Å². The number of carbonyl (C=O) groups excluding carboxylic acids is 1. The molecule has 0 aromatic heterocycles. The van der Waals surface area contributed by atoms with Gasteiger partial charge < -0.3 is 10.1 Å². The number of hydrogen-bond donors (Lipinski definition) is 1. The Morgan fingerprint density at radius 2 is 2.05 bits per heavy atom. The van der Waals surface area contributed by atoms with Gasteiger partial charge in [0.15, 0.2) is 11.6 Å². The van der Waals surface area contributed by atoms with Crippen LogP contribution in [0.1, 0.15) is 23.7 Å². The minimum absolute atomic E-state index is 0.180. The van der Waals surface area contributed by atoms with Crippen molar-refractivity contribution in [2.45, 2.75) is 24.3 Å². The Morgan fingerprint density at radius 3 is 2.52 bits per heavy atom. The predicted molar refractivity (Wildman–Crippen MR) is 72.8 cm³/mol. The van der Waals surface area contributed by atoms with Gasteiger partial charge in [-0.05, 0) is 18.6 Å². The van der Waals surface area contributed by atoms with E-state index in [0.29, 0.717) is 18.6 Å². The lowest BCUT2D eigenvalue weighted by Crippen LogP contribution is -2.38. The van der Waals surface area contributed by atoms with Crippen LogP contribution in [0.4, 0.5) is 8.78 Å². The summed E-state index contributed by atoms with van der Waals surface area (Å²) >= 11 is 0. The Labute approximate surface area is 125 Å². The Hall–Kier alpha value is -1.25. The van der Waals surface area contributed by atoms with Gasteiger partial charge in [0.1, 0.15) is 0 Å². The van der Waals surface area contributed by atoms with Gasteiger partial charge in [-0.3, -0.25) is 4.79 Å². The monoisotopic (exact) mass is 341 g/mol. The van der Waals surface area contributed by atoms with Crippen molar-refractivity contribution >= 4 is 25.6 Å². The molecule has 0 aliphatic carbocycles. The zero-order valence-corrected chi connectivity index (χ0v) is 12.9. The minimum atomic E-state index is -4.28. The SMILES string of the molecule is CCC(COC)NC(=O)c1cc(S(=O)(=O)Cl)cc(F)c1F. The van der Waals surface area contributed by atoms with Gasteiger partial charge in [0.25, 0.3) is 15.0 Å². The summed E-state index contributed by atoms with van der Waals surface area (Å²) in [6.45, 7) is 1.94. The number of benzene rings is 1. The van der Waals surface area contributed by atoms with Gasteiger partial charge in [-0.25, -0.2) is 17.2 Å². The largest absolute Gasteiger partial charge is 0.383 e. The Bertz CT molecular complexity index is 636. The highest BCUT2D eigenvalue weighted by molar-refractivity contribution is 8.13. The van der Waals surface area contributed by atoms with Crippen molar-refractivity contribution in [1.82, 2.24) is 5.32 Å². The van der Waals surface area contributed by atoms with E-state index < -0.39 is 43.1 Å². The van der Waals surface area contributed by atoms with Crippen molar-refractivity contribution in [2.75, 3.05) is 13.7 Å². The van der Waals surface area contributed by atoms with Crippen LogP contribution in [-0.4, -0.2) is 34.1 Å². The van der Waals surface area contributed by atoms with Crippen LogP contribution >= 0.6 is 10.7 Å². The van der Waals surface area contributed by atoms with Crippen LogP contribution in [0.3, 0.4) is 0 Å². The molecule has 0 saturated heterocycles. The van der Waals surface area contributed by atoms with Crippen LogP contribution in [0.5, 0.6) is 0 Å². The van der Waals surface area contributed by atoms with Crippen molar-refractivity contribution in [3.05, 3.63) is 29.3 Å². The molecule has 1 N–H and O–H groups in total. The van der Waals surface area contributed by atoms with Crippen LogP contribution in [0, 0.1) is 11.6 Å². The first-order valence-corrected chi connectivity index (χ1v) is 8.25. The summed E-state index contributed by atoms with van der Waals surface area (Å²) in [7, 11) is 2.22. The fourth-order valence-corrected chi connectivity index (χ4v) is 2.37. The van der Waals surface area contributed by atoms with E-state index in [2.05, 4.69) is 5.32 Å². The molecule has 0 radical (unpaired) electrons. The van der Waals surface area contributed by atoms with Gasteiger partial charge in [-0.1, -0.05) is 6.92 Å². The van der Waals surface area contributed by atoms with Crippen LogP contribution in [0.15, 0.2) is 17.0 Å². The molecule has 1 aromatic rings. The normalized spacial score (nSPS) is 13.0. The smallest absolute Gasteiger partial charge is 0.261 e. The summed E-state index contributed by atoms with van der Waals surface area (Å²) in [4.78, 5) is 11.2. The quantitative estimate of drug-likeness (QED) is 0.804. The van der Waals surface area contributed by atoms with E-state index in [9.17, 15) is 22.0 Å². The van der Waals surface area contributed by atoms with E-state index >= 15 is 0 Å². The first-order valence-electron chi connectivity index (χ1n) is 5.94. The minimum Gasteiger partial charge on any atom is -0.383 e. The second kappa shape index (κ2) is 7.15. The molecular formula is C12H14ClF2NO4S. The number of methoxy groups -OCH3 is 1. The van der Waals surface area contributed by atoms with Crippen LogP contribution in [0.25, 0.3) is 0 Å². The number of rotatable bonds is 6. The second-order valence-corrected chi connectivity index (χ2v) is 6.80. The summed E-state index contributed by atoms with van der Waals surface area (Å²) in [6.07, 6.45) is 0.497. The molecule has 1 rings (SSSR count). The molecule has 1 aromatic carbocycles. The lowest BCUT2D eigenvalue weighted by molar-refractivity contribution is 0.0889. The van der Waals surface area contributed by atoms with E-state index in [-0.39, 0.29) is 6.61 Å². The summed E-state index contributed by atoms with van der Waals surface area (Å²) < 4.78 is 54.3. The molecule has 0 aliphatic heterocycles. The Morgan fingerprint density at radius 1 is 1.43 bits per heavy atom. The molecule has 1 amide bonds. The average molecular weight is 342 g/mol. The third-order valence-electron chi connectivity index (χ3n) is 2.72. The average Bonchev–Trinajstić information content (AvgIpc) is 2.39. The zero-order chi connectivity index (χ0) is 16.2. The molecule has 0 heterocycles. The topological polar surface area (TPSA) is 72.5 Å². The van der Waals surface area contributed by atoms with Crippen LogP contribution in [-0.2, 0) is 13.8 Å². The number of nitrogens with one attached hydrogen (secondary N) is 1. The van der Waals surface area contributed by atoms with Gasteiger partial charge in [0, 0.05) is 17.8 Å². The highest BCUT2D eigenvalue weighted by Gasteiger charge is 2.23. The Balaban J connectivity index is 3.17. The zero-order valence-electron chi connectivity index (χ0n) is 11.3. The summed E-state index contributed by atoms with van der Waals surface area (Å²) in [5.41, 5.74) is -0.733. The van der Waals surface area contributed by atoms with Gasteiger partial charge in [-0.15, -0.1) is 0 Å². The van der Waals surface area contributed by atoms with Gasteiger partial charge >= 0.3 is 0 Å². The first-order chi connectivity index (χ1) is 9.70. The van der Waals surface area contributed by atoms with Crippen molar-refractivity contribution in [1.29, 1.82) is 0 Å². The molecule has 9 heteroatoms. The van der Waals surface area contributed by atoms with E-state index in [4.69, 9.17) is 15.4 Å². The summed E-state index contributed by atoms with van der Waals surface area (Å²) in [5.74, 6) is -3.86. The number of ether oxygens (including phenoxy) is 1. The molecule has 5 nitrogen and oxygen atoms in total. The molecule has 118 valence electrons. The molecule has 1 atom stereocenters. The lowest BCUT2D eigenvalue weighted by Gasteiger charge is -2.16. The maximum Gasteiger partial charge on any atom is 0.261 e. The fourth-order valence-electron chi connectivity index (χ4n) is 1.60. The van der Waals surface area contributed by atoms with Crippen molar-refractivity contribution < 1.29 is 26.7 Å². The number of halogens is 3. The molecule has 0 bridgehead atoms. The molecule has 0 aliphatic rings. The molecule has 0 fully saturated rings. The summed E-state index contributed by atoms with van der Waals surface area (Å²) in [6, 6.07) is 0.692. The molecule has 0 saturated carbocycles. The van der Waals surface area contributed by atoms with Gasteiger partial charge in [-0.2, -0.15) is 0 Å². The number of carbonyl (C=O) groups is 1. The first kappa shape index (κ1) is 17.8. The maximum atomic E-state index is 13.7. The third kappa shape index (κ3) is 4.62.